The van der Waals surface area contributed by atoms with Crippen LogP contribution in [0.25, 0.3) is 10.2 Å². The number of aryl methyl sites for hydroxylation is 2. The van der Waals surface area contributed by atoms with Crippen LogP contribution in [-0.2, 0) is 11.3 Å². The summed E-state index contributed by atoms with van der Waals surface area (Å²) in [7, 11) is 1.89. The third kappa shape index (κ3) is 3.73. The van der Waals surface area contributed by atoms with E-state index < -0.39 is 0 Å². The van der Waals surface area contributed by atoms with Gasteiger partial charge in [0.05, 0.1) is 29.0 Å². The zero-order chi connectivity index (χ0) is 17.1. The fraction of sp³-hybridized carbons (Fsp3) is 0.353. The molecule has 0 saturated carbocycles. The first-order valence-electron chi connectivity index (χ1n) is 7.87. The molecule has 1 amide bonds. The molecule has 3 rings (SSSR count). The average Bonchev–Trinajstić information content (AvgIpc) is 3.10. The van der Waals surface area contributed by atoms with E-state index in [0.717, 1.165) is 26.7 Å². The molecule has 3 aromatic rings. The highest BCUT2D eigenvalue weighted by Gasteiger charge is 2.11. The second-order valence-corrected chi connectivity index (χ2v) is 6.83. The number of hydrogen-bond donors (Lipinski definition) is 1. The largest absolute Gasteiger partial charge is 0.353 e. The lowest BCUT2D eigenvalue weighted by atomic mass is 10.3. The van der Waals surface area contributed by atoms with Crippen molar-refractivity contribution in [3.05, 3.63) is 41.7 Å². The third-order valence-corrected chi connectivity index (χ3v) is 4.89. The number of carbonyl (C=O) groups is 1. The number of likely N-dealkylation sites (N-methyl/N-ethyl adjacent to an activating group) is 1. The molecule has 0 atom stereocenters. The summed E-state index contributed by atoms with van der Waals surface area (Å²) >= 11 is 1.59. The first kappa shape index (κ1) is 16.4. The van der Waals surface area contributed by atoms with Gasteiger partial charge in [0.25, 0.3) is 0 Å². The van der Waals surface area contributed by atoms with Crippen molar-refractivity contribution >= 4 is 32.6 Å². The quantitative estimate of drug-likeness (QED) is 0.746. The topological polar surface area (TPSA) is 63.1 Å². The van der Waals surface area contributed by atoms with Gasteiger partial charge in [0.15, 0.2) is 5.13 Å². The molecule has 6 nitrogen and oxygen atoms in total. The van der Waals surface area contributed by atoms with Crippen LogP contribution in [0.3, 0.4) is 0 Å². The van der Waals surface area contributed by atoms with Gasteiger partial charge in [-0.15, -0.1) is 0 Å². The van der Waals surface area contributed by atoms with Gasteiger partial charge < -0.3 is 10.2 Å². The predicted octanol–water partition coefficient (Wildman–Crippen LogP) is 2.36. The van der Waals surface area contributed by atoms with E-state index in [1.165, 1.54) is 0 Å². The van der Waals surface area contributed by atoms with Crippen molar-refractivity contribution in [2.75, 3.05) is 25.0 Å². The maximum absolute atomic E-state index is 12.1. The molecule has 0 fully saturated rings. The minimum atomic E-state index is -0.0155. The van der Waals surface area contributed by atoms with Gasteiger partial charge in [0.2, 0.25) is 5.91 Å². The number of fused-ring (bicyclic) bond motifs is 1. The molecule has 0 unspecified atom stereocenters. The number of carbonyl (C=O) groups excluding carboxylic acids is 1. The molecule has 0 aliphatic rings. The maximum atomic E-state index is 12.1. The first-order valence-corrected chi connectivity index (χ1v) is 8.69. The zero-order valence-electron chi connectivity index (χ0n) is 14.1. The Hall–Kier alpha value is -2.41. The Kier molecular flexibility index (Phi) is 4.80. The SMILES string of the molecule is Cc1cc(C)n(CCNC(=O)CN(C)c2nc3ccccc3s2)n1. The summed E-state index contributed by atoms with van der Waals surface area (Å²) in [5, 5.41) is 8.18. The van der Waals surface area contributed by atoms with Gasteiger partial charge in [-0.05, 0) is 32.0 Å². The summed E-state index contributed by atoms with van der Waals surface area (Å²) in [4.78, 5) is 18.6. The van der Waals surface area contributed by atoms with Crippen LogP contribution in [0, 0.1) is 13.8 Å². The van der Waals surface area contributed by atoms with E-state index in [1.807, 2.05) is 60.8 Å². The summed E-state index contributed by atoms with van der Waals surface area (Å²) in [5.41, 5.74) is 3.07. The highest BCUT2D eigenvalue weighted by molar-refractivity contribution is 7.22. The van der Waals surface area contributed by atoms with Gasteiger partial charge in [0, 0.05) is 19.3 Å². The van der Waals surface area contributed by atoms with E-state index in [2.05, 4.69) is 15.4 Å². The molecule has 24 heavy (non-hydrogen) atoms. The fourth-order valence-electron chi connectivity index (χ4n) is 2.56. The first-order chi connectivity index (χ1) is 11.5. The van der Waals surface area contributed by atoms with Gasteiger partial charge in [-0.3, -0.25) is 9.48 Å². The minimum Gasteiger partial charge on any atom is -0.353 e. The number of amides is 1. The number of anilines is 1. The fourth-order valence-corrected chi connectivity index (χ4v) is 3.49. The van der Waals surface area contributed by atoms with Crippen LogP contribution in [0.1, 0.15) is 11.4 Å². The van der Waals surface area contributed by atoms with Crippen molar-refractivity contribution in [1.82, 2.24) is 20.1 Å². The molecule has 2 aromatic heterocycles. The highest BCUT2D eigenvalue weighted by atomic mass is 32.1. The van der Waals surface area contributed by atoms with E-state index in [9.17, 15) is 4.79 Å². The van der Waals surface area contributed by atoms with Gasteiger partial charge in [-0.2, -0.15) is 5.10 Å². The molecular weight excluding hydrogens is 322 g/mol. The second-order valence-electron chi connectivity index (χ2n) is 5.82. The second kappa shape index (κ2) is 7.00. The van der Waals surface area contributed by atoms with Gasteiger partial charge in [-0.25, -0.2) is 4.98 Å². The molecule has 0 spiro atoms. The Morgan fingerprint density at radius 3 is 2.83 bits per heavy atom. The van der Waals surface area contributed by atoms with E-state index in [0.29, 0.717) is 13.1 Å². The molecule has 0 saturated heterocycles. The molecule has 7 heteroatoms. The molecule has 0 radical (unpaired) electrons. The summed E-state index contributed by atoms with van der Waals surface area (Å²) < 4.78 is 3.04. The number of benzene rings is 1. The number of aromatic nitrogens is 3. The lowest BCUT2D eigenvalue weighted by Gasteiger charge is -2.15. The molecule has 0 aliphatic carbocycles. The van der Waals surface area contributed by atoms with Crippen LogP contribution in [0.5, 0.6) is 0 Å². The normalized spacial score (nSPS) is 11.0. The van der Waals surface area contributed by atoms with E-state index >= 15 is 0 Å². The Morgan fingerprint density at radius 1 is 1.33 bits per heavy atom. The summed E-state index contributed by atoms with van der Waals surface area (Å²) in [6, 6.07) is 10.0. The van der Waals surface area contributed by atoms with E-state index in [-0.39, 0.29) is 12.5 Å². The maximum Gasteiger partial charge on any atom is 0.239 e. The molecule has 2 heterocycles. The highest BCUT2D eigenvalue weighted by Crippen LogP contribution is 2.27. The van der Waals surface area contributed by atoms with Crippen molar-refractivity contribution < 1.29 is 4.79 Å². The standard InChI is InChI=1S/C17H21N5OS/c1-12-10-13(2)22(20-12)9-8-18-16(23)11-21(3)17-19-14-6-4-5-7-15(14)24-17/h4-7,10H,8-9,11H2,1-3H3,(H,18,23). The summed E-state index contributed by atoms with van der Waals surface area (Å²) in [6.45, 7) is 5.51. The molecular formula is C17H21N5OS. The molecule has 0 bridgehead atoms. The molecule has 126 valence electrons. The minimum absolute atomic E-state index is 0.0155. The Labute approximate surface area is 145 Å². The number of nitrogens with zero attached hydrogens (tertiary/aromatic N) is 4. The van der Waals surface area contributed by atoms with Crippen molar-refractivity contribution in [3.8, 4) is 0 Å². The van der Waals surface area contributed by atoms with Crippen molar-refractivity contribution in [3.63, 3.8) is 0 Å². The summed E-state index contributed by atoms with van der Waals surface area (Å²) in [6.07, 6.45) is 0. The Balaban J connectivity index is 1.51. The van der Waals surface area contributed by atoms with Crippen LogP contribution in [0.4, 0.5) is 5.13 Å². The number of hydrogen-bond acceptors (Lipinski definition) is 5. The van der Waals surface area contributed by atoms with Crippen LogP contribution < -0.4 is 10.2 Å². The molecule has 1 N–H and O–H groups in total. The number of para-hydroxylation sites is 1. The smallest absolute Gasteiger partial charge is 0.239 e. The number of nitrogens with one attached hydrogen (secondary N) is 1. The Bertz CT molecular complexity index is 821. The number of rotatable bonds is 6. The van der Waals surface area contributed by atoms with Crippen molar-refractivity contribution in [2.24, 2.45) is 0 Å². The van der Waals surface area contributed by atoms with Crippen LogP contribution >= 0.6 is 11.3 Å². The lowest BCUT2D eigenvalue weighted by Crippen LogP contribution is -2.36. The number of thiazole rings is 1. The van der Waals surface area contributed by atoms with Gasteiger partial charge in [0.1, 0.15) is 0 Å². The van der Waals surface area contributed by atoms with Crippen LogP contribution in [0.2, 0.25) is 0 Å². The zero-order valence-corrected chi connectivity index (χ0v) is 14.9. The molecule has 1 aromatic carbocycles. The third-order valence-electron chi connectivity index (χ3n) is 3.74. The lowest BCUT2D eigenvalue weighted by molar-refractivity contribution is -0.119. The Morgan fingerprint density at radius 2 is 2.12 bits per heavy atom. The van der Waals surface area contributed by atoms with Crippen LogP contribution in [0.15, 0.2) is 30.3 Å². The van der Waals surface area contributed by atoms with E-state index in [1.54, 1.807) is 11.3 Å². The molecule has 0 aliphatic heterocycles. The predicted molar refractivity (Wildman–Crippen MR) is 97.6 cm³/mol. The van der Waals surface area contributed by atoms with E-state index in [4.69, 9.17) is 0 Å². The van der Waals surface area contributed by atoms with Gasteiger partial charge in [-0.1, -0.05) is 23.5 Å². The van der Waals surface area contributed by atoms with Crippen LogP contribution in [-0.4, -0.2) is 40.8 Å². The monoisotopic (exact) mass is 343 g/mol. The summed E-state index contributed by atoms with van der Waals surface area (Å²) in [5.74, 6) is -0.0155. The van der Waals surface area contributed by atoms with Gasteiger partial charge >= 0.3 is 0 Å². The van der Waals surface area contributed by atoms with Crippen molar-refractivity contribution in [2.45, 2.75) is 20.4 Å². The average molecular weight is 343 g/mol. The van der Waals surface area contributed by atoms with Crippen molar-refractivity contribution in [1.29, 1.82) is 0 Å².